The standard InChI is InChI=1S/C14H23N5O8P2/c1-18-6-19(11-8(18)12(21)17-14(15)16-11)13-10(22-2)9(20)7(26-13)5-25-29(24-4)27-28-23-3/h6-7,9-10,13,20,28H,5H2,1-4H3,(H2-,15,16,17,21)/p+1. The number of aliphatic hydroxyl groups excluding tert-OH is 1. The molecule has 0 aliphatic carbocycles. The summed E-state index contributed by atoms with van der Waals surface area (Å²) in [5.74, 6) is -0.0308. The molecule has 0 spiro atoms. The molecule has 0 radical (unpaired) electrons. The van der Waals surface area contributed by atoms with E-state index in [1.807, 2.05) is 0 Å². The van der Waals surface area contributed by atoms with Crippen LogP contribution in [-0.2, 0) is 34.4 Å². The number of anilines is 1. The van der Waals surface area contributed by atoms with Gasteiger partial charge in [0.25, 0.3) is 11.5 Å². The summed E-state index contributed by atoms with van der Waals surface area (Å²) in [5.41, 5.74) is 5.92. The highest BCUT2D eigenvalue weighted by Gasteiger charge is 2.48. The average molecular weight is 452 g/mol. The molecule has 6 atom stereocenters. The topological polar surface area (TPSA) is 156 Å². The van der Waals surface area contributed by atoms with E-state index < -0.39 is 33.1 Å². The van der Waals surface area contributed by atoms with Crippen LogP contribution in [0.15, 0.2) is 11.1 Å². The molecule has 1 aliphatic rings. The Balaban J connectivity index is 1.83. The summed E-state index contributed by atoms with van der Waals surface area (Å²) in [6.07, 6.45) is -1.62. The molecule has 15 heteroatoms. The summed E-state index contributed by atoms with van der Waals surface area (Å²) in [7, 11) is 4.20. The van der Waals surface area contributed by atoms with Crippen molar-refractivity contribution in [2.75, 3.05) is 33.7 Å². The predicted molar refractivity (Wildman–Crippen MR) is 103 cm³/mol. The van der Waals surface area contributed by atoms with E-state index in [2.05, 4.69) is 9.97 Å². The van der Waals surface area contributed by atoms with E-state index >= 15 is 0 Å². The van der Waals surface area contributed by atoms with Gasteiger partial charge in [0.2, 0.25) is 11.7 Å². The minimum atomic E-state index is -1.65. The first kappa shape index (κ1) is 22.4. The molecule has 3 heterocycles. The molecule has 13 nitrogen and oxygen atoms in total. The first-order valence-electron chi connectivity index (χ1n) is 8.45. The molecule has 162 valence electrons. The Kier molecular flexibility index (Phi) is 7.49. The van der Waals surface area contributed by atoms with Gasteiger partial charge in [-0.2, -0.15) is 0 Å². The van der Waals surface area contributed by atoms with Crippen molar-refractivity contribution in [1.82, 2.24) is 14.5 Å². The molecule has 4 N–H and O–H groups in total. The van der Waals surface area contributed by atoms with E-state index in [9.17, 15) is 9.90 Å². The Morgan fingerprint density at radius 1 is 1.48 bits per heavy atom. The number of ether oxygens (including phenoxy) is 2. The third-order valence-electron chi connectivity index (χ3n) is 4.34. The molecule has 1 aliphatic heterocycles. The van der Waals surface area contributed by atoms with Gasteiger partial charge in [0.05, 0.1) is 13.7 Å². The number of nitrogens with one attached hydrogen (secondary N) is 1. The molecule has 0 aromatic carbocycles. The number of aromatic amines is 1. The second-order valence-electron chi connectivity index (χ2n) is 6.09. The Bertz CT molecular complexity index is 895. The highest BCUT2D eigenvalue weighted by atomic mass is 31.2. The fourth-order valence-electron chi connectivity index (χ4n) is 3.11. The summed E-state index contributed by atoms with van der Waals surface area (Å²) < 4.78 is 35.4. The van der Waals surface area contributed by atoms with E-state index in [-0.39, 0.29) is 27.1 Å². The molecule has 2 aromatic rings. The first-order valence-corrected chi connectivity index (χ1v) is 10.4. The summed E-state index contributed by atoms with van der Waals surface area (Å²) in [5, 5.41) is 10.7. The van der Waals surface area contributed by atoms with Crippen molar-refractivity contribution in [2.24, 2.45) is 7.05 Å². The molecule has 3 rings (SSSR count). The lowest BCUT2D eigenvalue weighted by Crippen LogP contribution is -2.47. The van der Waals surface area contributed by atoms with Gasteiger partial charge in [0.15, 0.2) is 15.4 Å². The first-order chi connectivity index (χ1) is 13.9. The maximum atomic E-state index is 12.2. The van der Waals surface area contributed by atoms with Gasteiger partial charge >= 0.3 is 14.2 Å². The van der Waals surface area contributed by atoms with Crippen LogP contribution < -0.4 is 15.9 Å². The van der Waals surface area contributed by atoms with Crippen molar-refractivity contribution >= 4 is 34.7 Å². The minimum Gasteiger partial charge on any atom is -0.387 e. The van der Waals surface area contributed by atoms with Gasteiger partial charge in [0, 0.05) is 21.3 Å². The van der Waals surface area contributed by atoms with Crippen LogP contribution in [0.5, 0.6) is 0 Å². The summed E-state index contributed by atoms with van der Waals surface area (Å²) in [6.45, 7) is -0.00720. The summed E-state index contributed by atoms with van der Waals surface area (Å²) >= 11 is 0. The van der Waals surface area contributed by atoms with Crippen LogP contribution in [-0.4, -0.2) is 65.9 Å². The third-order valence-corrected chi connectivity index (χ3v) is 6.06. The maximum absolute atomic E-state index is 12.2. The lowest BCUT2D eigenvalue weighted by Gasteiger charge is -2.18. The number of nitrogens with zero attached hydrogens (tertiary/aromatic N) is 3. The SMILES string of the molecule is COPOP(OC)OCC1OC([n+]2cn(C)c3c(=O)[nH]c(N)nc32)C(OC)C1O. The van der Waals surface area contributed by atoms with Crippen LogP contribution in [0.2, 0.25) is 0 Å². The summed E-state index contributed by atoms with van der Waals surface area (Å²) in [6, 6.07) is 0. The number of hydrogen-bond donors (Lipinski definition) is 3. The molecular formula is C14H24N5O8P2+. The van der Waals surface area contributed by atoms with E-state index in [4.69, 9.17) is 33.1 Å². The number of aromatic nitrogens is 4. The van der Waals surface area contributed by atoms with Crippen LogP contribution in [0.1, 0.15) is 6.23 Å². The number of fused-ring (bicyclic) bond motifs is 1. The van der Waals surface area contributed by atoms with Gasteiger partial charge in [-0.15, -0.1) is 0 Å². The van der Waals surface area contributed by atoms with Crippen LogP contribution in [0.25, 0.3) is 11.2 Å². The number of H-pyrrole nitrogens is 1. The van der Waals surface area contributed by atoms with E-state index in [0.29, 0.717) is 11.2 Å². The second kappa shape index (κ2) is 9.69. The number of rotatable bonds is 9. The third kappa shape index (κ3) is 4.58. The van der Waals surface area contributed by atoms with Crippen LogP contribution >= 0.6 is 17.6 Å². The fourth-order valence-corrected chi connectivity index (χ4v) is 4.53. The van der Waals surface area contributed by atoms with Gasteiger partial charge in [-0.3, -0.25) is 18.7 Å². The lowest BCUT2D eigenvalue weighted by atomic mass is 10.1. The van der Waals surface area contributed by atoms with Crippen molar-refractivity contribution in [3.8, 4) is 0 Å². The van der Waals surface area contributed by atoms with Crippen LogP contribution in [0.4, 0.5) is 5.95 Å². The number of methoxy groups -OCH3 is 1. The molecule has 1 saturated heterocycles. The number of hydrogen-bond acceptors (Lipinski definition) is 10. The normalized spacial score (nSPS) is 26.1. The Hall–Kier alpha value is -1.27. The molecule has 0 bridgehead atoms. The quantitative estimate of drug-likeness (QED) is 0.334. The van der Waals surface area contributed by atoms with Crippen molar-refractivity contribution in [1.29, 1.82) is 0 Å². The van der Waals surface area contributed by atoms with E-state index in [1.54, 1.807) is 22.5 Å². The molecule has 0 saturated carbocycles. The molecule has 0 amide bonds. The average Bonchev–Trinajstić information content (AvgIpc) is 3.18. The molecule has 29 heavy (non-hydrogen) atoms. The zero-order valence-corrected chi connectivity index (χ0v) is 18.2. The smallest absolute Gasteiger partial charge is 0.337 e. The molecular weight excluding hydrogens is 428 g/mol. The molecule has 1 fully saturated rings. The van der Waals surface area contributed by atoms with Gasteiger partial charge in [-0.05, 0) is 0 Å². The zero-order valence-electron chi connectivity index (χ0n) is 16.3. The van der Waals surface area contributed by atoms with Crippen molar-refractivity contribution < 1.29 is 37.0 Å². The predicted octanol–water partition coefficient (Wildman–Crippen LogP) is -0.534. The Morgan fingerprint density at radius 2 is 2.24 bits per heavy atom. The monoisotopic (exact) mass is 452 g/mol. The number of nitrogens with two attached hydrogens (primary N) is 1. The van der Waals surface area contributed by atoms with Crippen molar-refractivity contribution in [2.45, 2.75) is 24.5 Å². The van der Waals surface area contributed by atoms with Gasteiger partial charge in [0.1, 0.15) is 18.3 Å². The molecule has 2 aromatic heterocycles. The van der Waals surface area contributed by atoms with E-state index in [0.717, 1.165) is 0 Å². The Morgan fingerprint density at radius 3 is 2.90 bits per heavy atom. The van der Waals surface area contributed by atoms with Gasteiger partial charge < -0.3 is 33.9 Å². The largest absolute Gasteiger partial charge is 0.387 e. The highest BCUT2D eigenvalue weighted by Crippen LogP contribution is 2.46. The molecule has 6 unspecified atom stereocenters. The second-order valence-corrected chi connectivity index (χ2v) is 8.47. The van der Waals surface area contributed by atoms with Gasteiger partial charge in [-0.25, -0.2) is 4.57 Å². The van der Waals surface area contributed by atoms with Crippen molar-refractivity contribution in [3.63, 3.8) is 0 Å². The number of aryl methyl sites for hydroxylation is 1. The van der Waals surface area contributed by atoms with E-state index in [1.165, 1.54) is 21.3 Å². The highest BCUT2D eigenvalue weighted by molar-refractivity contribution is 7.50. The number of aliphatic hydroxyl groups is 1. The summed E-state index contributed by atoms with van der Waals surface area (Å²) in [4.78, 5) is 18.9. The van der Waals surface area contributed by atoms with Crippen LogP contribution in [0.3, 0.4) is 0 Å². The number of imidazole rings is 1. The fraction of sp³-hybridized carbons (Fsp3) is 0.643. The van der Waals surface area contributed by atoms with Crippen LogP contribution in [0, 0.1) is 0 Å². The lowest BCUT2D eigenvalue weighted by molar-refractivity contribution is -0.746. The maximum Gasteiger partial charge on any atom is 0.337 e. The van der Waals surface area contributed by atoms with Gasteiger partial charge in [-0.1, -0.05) is 4.98 Å². The Labute approximate surface area is 169 Å². The zero-order chi connectivity index (χ0) is 21.1. The van der Waals surface area contributed by atoms with Crippen molar-refractivity contribution in [3.05, 3.63) is 16.7 Å². The number of nitrogen functional groups attached to an aromatic ring is 1. The minimum absolute atomic E-state index is 0.00720.